The first kappa shape index (κ1) is 14.6. The second-order valence-electron chi connectivity index (χ2n) is 6.37. The van der Waals surface area contributed by atoms with Crippen LogP contribution in [0.25, 0.3) is 0 Å². The van der Waals surface area contributed by atoms with Gasteiger partial charge in [0.1, 0.15) is 0 Å². The Bertz CT molecular complexity index is 559. The Morgan fingerprint density at radius 2 is 2.00 bits per heavy atom. The highest BCUT2D eigenvalue weighted by Gasteiger charge is 2.29. The Morgan fingerprint density at radius 3 is 2.67 bits per heavy atom. The van der Waals surface area contributed by atoms with Crippen molar-refractivity contribution in [3.63, 3.8) is 0 Å². The van der Waals surface area contributed by atoms with Crippen molar-refractivity contribution in [2.45, 2.75) is 39.0 Å². The quantitative estimate of drug-likeness (QED) is 0.910. The van der Waals surface area contributed by atoms with Gasteiger partial charge in [-0.05, 0) is 43.6 Å². The molecule has 0 aromatic carbocycles. The molecule has 1 atom stereocenters. The van der Waals surface area contributed by atoms with Gasteiger partial charge in [-0.3, -0.25) is 9.59 Å². The third-order valence-corrected chi connectivity index (χ3v) is 5.87. The van der Waals surface area contributed by atoms with Crippen LogP contribution in [0, 0.1) is 11.8 Å². The second-order valence-corrected chi connectivity index (χ2v) is 7.33. The molecule has 1 aromatic rings. The van der Waals surface area contributed by atoms with E-state index >= 15 is 0 Å². The molecule has 21 heavy (non-hydrogen) atoms. The van der Waals surface area contributed by atoms with Crippen molar-refractivity contribution in [2.24, 2.45) is 17.6 Å². The van der Waals surface area contributed by atoms with Crippen molar-refractivity contribution in [2.75, 3.05) is 13.1 Å². The smallest absolute Gasteiger partial charge is 0.254 e. The highest BCUT2D eigenvalue weighted by molar-refractivity contribution is 7.10. The lowest BCUT2D eigenvalue weighted by Gasteiger charge is -2.31. The monoisotopic (exact) mass is 306 g/mol. The molecular weight excluding hydrogens is 284 g/mol. The maximum absolute atomic E-state index is 12.7. The van der Waals surface area contributed by atoms with E-state index in [4.69, 9.17) is 5.73 Å². The molecule has 0 saturated carbocycles. The van der Waals surface area contributed by atoms with Crippen molar-refractivity contribution in [1.29, 1.82) is 0 Å². The van der Waals surface area contributed by atoms with Crippen LogP contribution in [0.15, 0.2) is 5.38 Å². The first-order valence-electron chi connectivity index (χ1n) is 7.74. The maximum Gasteiger partial charge on any atom is 0.254 e. The molecule has 0 spiro atoms. The molecule has 2 amide bonds. The minimum Gasteiger partial charge on any atom is -0.369 e. The Labute approximate surface area is 129 Å². The Hall–Kier alpha value is -1.36. The molecule has 4 nitrogen and oxygen atoms in total. The summed E-state index contributed by atoms with van der Waals surface area (Å²) in [6, 6.07) is 0. The first-order chi connectivity index (χ1) is 10.1. The molecule has 0 radical (unpaired) electrons. The summed E-state index contributed by atoms with van der Waals surface area (Å²) in [6.07, 6.45) is 4.71. The number of nitrogens with two attached hydrogens (primary N) is 1. The van der Waals surface area contributed by atoms with Crippen LogP contribution in [0.1, 0.15) is 47.0 Å². The third kappa shape index (κ3) is 2.84. The average molecular weight is 306 g/mol. The van der Waals surface area contributed by atoms with Crippen LogP contribution in [0.4, 0.5) is 0 Å². The van der Waals surface area contributed by atoms with E-state index in [1.54, 1.807) is 11.3 Å². The Kier molecular flexibility index (Phi) is 4.02. The van der Waals surface area contributed by atoms with Crippen molar-refractivity contribution in [1.82, 2.24) is 4.90 Å². The molecule has 1 aliphatic carbocycles. The normalized spacial score (nSPS) is 22.9. The van der Waals surface area contributed by atoms with Crippen LogP contribution in [0.2, 0.25) is 0 Å². The molecule has 1 unspecified atom stereocenters. The van der Waals surface area contributed by atoms with E-state index in [-0.39, 0.29) is 17.7 Å². The van der Waals surface area contributed by atoms with Gasteiger partial charge < -0.3 is 10.6 Å². The summed E-state index contributed by atoms with van der Waals surface area (Å²) in [7, 11) is 0. The lowest BCUT2D eigenvalue weighted by atomic mass is 9.88. The molecule has 1 aromatic heterocycles. The van der Waals surface area contributed by atoms with E-state index in [9.17, 15) is 9.59 Å². The number of carbonyl (C=O) groups is 2. The predicted molar refractivity (Wildman–Crippen MR) is 83.3 cm³/mol. The minimum absolute atomic E-state index is 0.0636. The van der Waals surface area contributed by atoms with Crippen molar-refractivity contribution >= 4 is 23.2 Å². The molecule has 2 aliphatic rings. The molecule has 114 valence electrons. The molecule has 3 rings (SSSR count). The number of hydrogen-bond donors (Lipinski definition) is 1. The zero-order valence-corrected chi connectivity index (χ0v) is 13.2. The Balaban J connectivity index is 1.71. The zero-order valence-electron chi connectivity index (χ0n) is 12.4. The summed E-state index contributed by atoms with van der Waals surface area (Å²) in [4.78, 5) is 27.2. The standard InChI is InChI=1S/C16H22N2O2S/c1-10-2-3-12-13(9-21-14(12)8-10)16(20)18-6-4-11(5-7-18)15(17)19/h9-11H,2-8H2,1H3,(H2,17,19). The largest absolute Gasteiger partial charge is 0.369 e. The van der Waals surface area contributed by atoms with Gasteiger partial charge in [0.2, 0.25) is 5.91 Å². The number of carbonyl (C=O) groups excluding carboxylic acids is 2. The van der Waals surface area contributed by atoms with Gasteiger partial charge in [-0.25, -0.2) is 0 Å². The van der Waals surface area contributed by atoms with Gasteiger partial charge in [0.25, 0.3) is 5.91 Å². The van der Waals surface area contributed by atoms with Gasteiger partial charge >= 0.3 is 0 Å². The number of amides is 2. The number of likely N-dealkylation sites (tertiary alicyclic amines) is 1. The van der Waals surface area contributed by atoms with Crippen LogP contribution in [-0.4, -0.2) is 29.8 Å². The minimum atomic E-state index is -0.232. The topological polar surface area (TPSA) is 63.4 Å². The number of primary amides is 1. The summed E-state index contributed by atoms with van der Waals surface area (Å²) in [5.41, 5.74) is 7.53. The zero-order chi connectivity index (χ0) is 15.0. The molecular formula is C16H22N2O2S. The molecule has 1 fully saturated rings. The first-order valence-corrected chi connectivity index (χ1v) is 8.62. The molecule has 1 saturated heterocycles. The molecule has 0 bridgehead atoms. The van der Waals surface area contributed by atoms with Crippen molar-refractivity contribution < 1.29 is 9.59 Å². The van der Waals surface area contributed by atoms with Gasteiger partial charge in [0, 0.05) is 29.3 Å². The van der Waals surface area contributed by atoms with Crippen LogP contribution in [-0.2, 0) is 17.6 Å². The number of nitrogens with zero attached hydrogens (tertiary/aromatic N) is 1. The maximum atomic E-state index is 12.7. The van der Waals surface area contributed by atoms with Crippen molar-refractivity contribution in [3.8, 4) is 0 Å². The predicted octanol–water partition coefficient (Wildman–Crippen LogP) is 2.21. The van der Waals surface area contributed by atoms with Crippen LogP contribution >= 0.6 is 11.3 Å². The lowest BCUT2D eigenvalue weighted by molar-refractivity contribution is -0.123. The Morgan fingerprint density at radius 1 is 1.29 bits per heavy atom. The number of piperidine rings is 1. The van der Waals surface area contributed by atoms with Crippen LogP contribution in [0.5, 0.6) is 0 Å². The summed E-state index contributed by atoms with van der Waals surface area (Å²) in [5.74, 6) is 0.575. The number of fused-ring (bicyclic) bond motifs is 1. The summed E-state index contributed by atoms with van der Waals surface area (Å²) >= 11 is 1.73. The average Bonchev–Trinajstić information content (AvgIpc) is 2.89. The van der Waals surface area contributed by atoms with Gasteiger partial charge in [0.05, 0.1) is 5.56 Å². The lowest BCUT2D eigenvalue weighted by Crippen LogP contribution is -2.41. The van der Waals surface area contributed by atoms with E-state index in [0.717, 1.165) is 24.3 Å². The molecule has 5 heteroatoms. The number of rotatable bonds is 2. The second kappa shape index (κ2) is 5.79. The van der Waals surface area contributed by atoms with E-state index in [1.165, 1.54) is 16.9 Å². The highest BCUT2D eigenvalue weighted by atomic mass is 32.1. The van der Waals surface area contributed by atoms with Gasteiger partial charge in [0.15, 0.2) is 0 Å². The van der Waals surface area contributed by atoms with E-state index in [0.29, 0.717) is 25.9 Å². The van der Waals surface area contributed by atoms with Gasteiger partial charge in [-0.1, -0.05) is 6.92 Å². The summed E-state index contributed by atoms with van der Waals surface area (Å²) < 4.78 is 0. The molecule has 2 heterocycles. The number of hydrogen-bond acceptors (Lipinski definition) is 3. The summed E-state index contributed by atoms with van der Waals surface area (Å²) in [5, 5.41) is 2.03. The van der Waals surface area contributed by atoms with Gasteiger partial charge in [-0.2, -0.15) is 0 Å². The van der Waals surface area contributed by atoms with E-state index in [1.807, 2.05) is 10.3 Å². The highest BCUT2D eigenvalue weighted by Crippen LogP contribution is 2.33. The van der Waals surface area contributed by atoms with E-state index in [2.05, 4.69) is 6.92 Å². The van der Waals surface area contributed by atoms with Crippen LogP contribution < -0.4 is 5.73 Å². The third-order valence-electron chi connectivity index (χ3n) is 4.82. The molecule has 1 aliphatic heterocycles. The van der Waals surface area contributed by atoms with Crippen molar-refractivity contribution in [3.05, 3.63) is 21.4 Å². The fraction of sp³-hybridized carbons (Fsp3) is 0.625. The fourth-order valence-electron chi connectivity index (χ4n) is 3.39. The number of thiophene rings is 1. The van der Waals surface area contributed by atoms with Crippen LogP contribution in [0.3, 0.4) is 0 Å². The molecule has 2 N–H and O–H groups in total. The van der Waals surface area contributed by atoms with Gasteiger partial charge in [-0.15, -0.1) is 11.3 Å². The summed E-state index contributed by atoms with van der Waals surface area (Å²) in [6.45, 7) is 3.57. The van der Waals surface area contributed by atoms with E-state index < -0.39 is 0 Å². The fourth-order valence-corrected chi connectivity index (χ4v) is 4.63. The SMILES string of the molecule is CC1CCc2c(C(=O)N3CCC(C(N)=O)CC3)csc2C1.